The van der Waals surface area contributed by atoms with Gasteiger partial charge in [-0.25, -0.2) is 0 Å². The summed E-state index contributed by atoms with van der Waals surface area (Å²) >= 11 is 0. The number of hydrogen-bond donors (Lipinski definition) is 2. The summed E-state index contributed by atoms with van der Waals surface area (Å²) in [6.07, 6.45) is 4.03. The summed E-state index contributed by atoms with van der Waals surface area (Å²) < 4.78 is 5.61. The number of nitrogens with two attached hydrogens (primary N) is 1. The van der Waals surface area contributed by atoms with Gasteiger partial charge in [-0.05, 0) is 25.0 Å². The van der Waals surface area contributed by atoms with Gasteiger partial charge in [-0.15, -0.1) is 0 Å². The minimum atomic E-state index is 0.0917. The van der Waals surface area contributed by atoms with Gasteiger partial charge in [0.25, 0.3) is 0 Å². The Hall–Kier alpha value is -1.85. The van der Waals surface area contributed by atoms with Crippen LogP contribution < -0.4 is 10.6 Å². The third-order valence-corrected chi connectivity index (χ3v) is 4.01. The number of nitrogens with zero attached hydrogens (tertiary/aromatic N) is 2. The van der Waals surface area contributed by atoms with Gasteiger partial charge in [-0.1, -0.05) is 12.1 Å². The first-order valence-electron chi connectivity index (χ1n) is 7.40. The Morgan fingerprint density at radius 1 is 1.29 bits per heavy atom. The summed E-state index contributed by atoms with van der Waals surface area (Å²) in [5.74, 6) is 0. The average molecular weight is 287 g/mol. The zero-order valence-electron chi connectivity index (χ0n) is 12.0. The van der Waals surface area contributed by atoms with E-state index < -0.39 is 0 Å². The molecule has 5 nitrogen and oxygen atoms in total. The average Bonchev–Trinajstić information content (AvgIpc) is 2.53. The van der Waals surface area contributed by atoms with Crippen molar-refractivity contribution >= 4 is 22.3 Å². The molecule has 0 radical (unpaired) electrons. The number of anilines is 2. The van der Waals surface area contributed by atoms with E-state index in [1.165, 1.54) is 5.69 Å². The molecule has 5 heteroatoms. The summed E-state index contributed by atoms with van der Waals surface area (Å²) in [6, 6.07) is 7.98. The Balaban J connectivity index is 1.78. The minimum Gasteiger partial charge on any atom is -0.397 e. The first kappa shape index (κ1) is 14.1. The van der Waals surface area contributed by atoms with Crippen LogP contribution in [-0.2, 0) is 4.74 Å². The van der Waals surface area contributed by atoms with Gasteiger partial charge >= 0.3 is 0 Å². The summed E-state index contributed by atoms with van der Waals surface area (Å²) in [6.45, 7) is 2.42. The van der Waals surface area contributed by atoms with Crippen LogP contribution in [0.3, 0.4) is 0 Å². The van der Waals surface area contributed by atoms with Gasteiger partial charge in [0.1, 0.15) is 0 Å². The smallest absolute Gasteiger partial charge is 0.0951 e. The number of benzene rings is 1. The van der Waals surface area contributed by atoms with Crippen molar-refractivity contribution in [2.24, 2.45) is 0 Å². The zero-order chi connectivity index (χ0) is 14.7. The van der Waals surface area contributed by atoms with Crippen molar-refractivity contribution < 1.29 is 9.84 Å². The lowest BCUT2D eigenvalue weighted by Gasteiger charge is -2.34. The molecule has 1 aliphatic rings. The fourth-order valence-electron chi connectivity index (χ4n) is 2.94. The normalized spacial score (nSPS) is 16.5. The van der Waals surface area contributed by atoms with E-state index in [1.54, 1.807) is 0 Å². The number of hydrogen-bond acceptors (Lipinski definition) is 5. The number of pyridine rings is 1. The molecule has 0 bridgehead atoms. The van der Waals surface area contributed by atoms with Gasteiger partial charge in [0, 0.05) is 30.4 Å². The van der Waals surface area contributed by atoms with Crippen LogP contribution in [0.4, 0.5) is 11.4 Å². The van der Waals surface area contributed by atoms with Crippen molar-refractivity contribution in [2.45, 2.75) is 18.9 Å². The summed E-state index contributed by atoms with van der Waals surface area (Å²) in [4.78, 5) is 6.75. The lowest BCUT2D eigenvalue weighted by Crippen LogP contribution is -2.37. The van der Waals surface area contributed by atoms with Crippen LogP contribution in [0.2, 0.25) is 0 Å². The molecular weight excluding hydrogens is 266 g/mol. The molecule has 0 unspecified atom stereocenters. The second-order valence-electron chi connectivity index (χ2n) is 5.35. The molecule has 3 N–H and O–H groups in total. The van der Waals surface area contributed by atoms with Crippen LogP contribution in [0.5, 0.6) is 0 Å². The molecule has 1 saturated heterocycles. The fraction of sp³-hybridized carbons (Fsp3) is 0.438. The van der Waals surface area contributed by atoms with E-state index >= 15 is 0 Å². The molecule has 0 atom stereocenters. The largest absolute Gasteiger partial charge is 0.397 e. The number of aliphatic hydroxyl groups is 1. The highest BCUT2D eigenvalue weighted by atomic mass is 16.5. The van der Waals surface area contributed by atoms with E-state index in [-0.39, 0.29) is 12.7 Å². The SMILES string of the molecule is Nc1cccc2c(N3CCC(OCCO)CC3)ccnc12. The van der Waals surface area contributed by atoms with E-state index in [1.807, 2.05) is 18.3 Å². The number of aromatic nitrogens is 1. The van der Waals surface area contributed by atoms with E-state index in [2.05, 4.69) is 22.0 Å². The molecular formula is C16H21N3O2. The van der Waals surface area contributed by atoms with Crippen LogP contribution in [-0.4, -0.2) is 42.5 Å². The topological polar surface area (TPSA) is 71.6 Å². The van der Waals surface area contributed by atoms with Gasteiger partial charge in [0.2, 0.25) is 0 Å². The van der Waals surface area contributed by atoms with Crippen LogP contribution in [0.25, 0.3) is 10.9 Å². The number of rotatable bonds is 4. The molecule has 1 fully saturated rings. The molecule has 0 spiro atoms. The molecule has 0 saturated carbocycles. The van der Waals surface area contributed by atoms with Crippen molar-refractivity contribution in [1.29, 1.82) is 0 Å². The minimum absolute atomic E-state index is 0.0917. The van der Waals surface area contributed by atoms with E-state index in [9.17, 15) is 0 Å². The van der Waals surface area contributed by atoms with Crippen molar-refractivity contribution in [3.63, 3.8) is 0 Å². The predicted molar refractivity (Wildman–Crippen MR) is 84.4 cm³/mol. The molecule has 2 aromatic rings. The Bertz CT molecular complexity index is 609. The Morgan fingerprint density at radius 2 is 2.10 bits per heavy atom. The third kappa shape index (κ3) is 2.94. The second kappa shape index (κ2) is 6.28. The van der Waals surface area contributed by atoms with Gasteiger partial charge < -0.3 is 20.5 Å². The van der Waals surface area contributed by atoms with Crippen molar-refractivity contribution in [3.8, 4) is 0 Å². The van der Waals surface area contributed by atoms with E-state index in [0.29, 0.717) is 6.61 Å². The molecule has 112 valence electrons. The highest BCUT2D eigenvalue weighted by molar-refractivity contribution is 5.98. The Morgan fingerprint density at radius 3 is 2.86 bits per heavy atom. The monoisotopic (exact) mass is 287 g/mol. The lowest BCUT2D eigenvalue weighted by atomic mass is 10.1. The molecule has 21 heavy (non-hydrogen) atoms. The number of aliphatic hydroxyl groups excluding tert-OH is 1. The van der Waals surface area contributed by atoms with Crippen molar-refractivity contribution in [3.05, 3.63) is 30.5 Å². The first-order chi connectivity index (χ1) is 10.3. The molecule has 2 heterocycles. The molecule has 1 aromatic heterocycles. The molecule has 3 rings (SSSR count). The maximum atomic E-state index is 8.82. The molecule has 1 aromatic carbocycles. The number of nitrogen functional groups attached to an aromatic ring is 1. The maximum absolute atomic E-state index is 8.82. The number of ether oxygens (including phenoxy) is 1. The molecule has 0 aliphatic carbocycles. The Labute approximate surface area is 124 Å². The number of piperidine rings is 1. The van der Waals surface area contributed by atoms with E-state index in [4.69, 9.17) is 15.6 Å². The standard InChI is InChI=1S/C16H21N3O2/c17-14-3-1-2-13-15(4-7-18-16(13)14)19-8-5-12(6-9-19)21-11-10-20/h1-4,7,12,20H,5-6,8-11,17H2. The zero-order valence-corrected chi connectivity index (χ0v) is 12.0. The highest BCUT2D eigenvalue weighted by Crippen LogP contribution is 2.30. The van der Waals surface area contributed by atoms with Crippen LogP contribution in [0.15, 0.2) is 30.5 Å². The molecule has 0 amide bonds. The van der Waals surface area contributed by atoms with Gasteiger partial charge in [-0.3, -0.25) is 4.98 Å². The number of fused-ring (bicyclic) bond motifs is 1. The highest BCUT2D eigenvalue weighted by Gasteiger charge is 2.21. The van der Waals surface area contributed by atoms with Crippen molar-refractivity contribution in [2.75, 3.05) is 36.9 Å². The Kier molecular flexibility index (Phi) is 4.22. The summed E-state index contributed by atoms with van der Waals surface area (Å²) in [7, 11) is 0. The van der Waals surface area contributed by atoms with Crippen LogP contribution >= 0.6 is 0 Å². The predicted octanol–water partition coefficient (Wildman–Crippen LogP) is 1.79. The third-order valence-electron chi connectivity index (χ3n) is 4.01. The first-order valence-corrected chi connectivity index (χ1v) is 7.40. The summed E-state index contributed by atoms with van der Waals surface area (Å²) in [5.41, 5.74) is 8.78. The van der Waals surface area contributed by atoms with Gasteiger partial charge in [0.05, 0.1) is 30.5 Å². The second-order valence-corrected chi connectivity index (χ2v) is 5.35. The quantitative estimate of drug-likeness (QED) is 0.839. The van der Waals surface area contributed by atoms with E-state index in [0.717, 1.165) is 42.5 Å². The van der Waals surface area contributed by atoms with Crippen LogP contribution in [0, 0.1) is 0 Å². The van der Waals surface area contributed by atoms with Crippen LogP contribution in [0.1, 0.15) is 12.8 Å². The van der Waals surface area contributed by atoms with Gasteiger partial charge in [0.15, 0.2) is 0 Å². The maximum Gasteiger partial charge on any atom is 0.0951 e. The lowest BCUT2D eigenvalue weighted by molar-refractivity contribution is 0.0159. The van der Waals surface area contributed by atoms with Gasteiger partial charge in [-0.2, -0.15) is 0 Å². The van der Waals surface area contributed by atoms with Crippen molar-refractivity contribution in [1.82, 2.24) is 4.98 Å². The number of para-hydroxylation sites is 1. The fourth-order valence-corrected chi connectivity index (χ4v) is 2.94. The summed E-state index contributed by atoms with van der Waals surface area (Å²) in [5, 5.41) is 9.92. The molecule has 1 aliphatic heterocycles.